The normalized spacial score (nSPS) is 13.8. The quantitative estimate of drug-likeness (QED) is 0.759. The van der Waals surface area contributed by atoms with Crippen molar-refractivity contribution in [1.82, 2.24) is 10.2 Å². The highest BCUT2D eigenvalue weighted by molar-refractivity contribution is 8.02. The maximum absolute atomic E-state index is 12.3. The van der Waals surface area contributed by atoms with Gasteiger partial charge in [0, 0.05) is 17.8 Å². The summed E-state index contributed by atoms with van der Waals surface area (Å²) in [6, 6.07) is 5.62. The zero-order valence-corrected chi connectivity index (χ0v) is 15.2. The van der Waals surface area contributed by atoms with Gasteiger partial charge in [-0.1, -0.05) is 23.1 Å². The second-order valence-corrected chi connectivity index (χ2v) is 8.05. The van der Waals surface area contributed by atoms with Gasteiger partial charge in [-0.05, 0) is 32.9 Å². The number of carbonyl (C=O) groups is 1. The molecule has 0 fully saturated rings. The van der Waals surface area contributed by atoms with E-state index in [0.29, 0.717) is 23.2 Å². The van der Waals surface area contributed by atoms with Crippen LogP contribution in [0, 0.1) is 0 Å². The maximum Gasteiger partial charge on any atom is 0.237 e. The number of rotatable bonds is 6. The maximum atomic E-state index is 12.3. The van der Waals surface area contributed by atoms with E-state index < -0.39 is 0 Å². The SMILES string of the molecule is CC(C)Nc1nnc(S[C@H](C)C(=O)Nc2ccc3c(c2)OCO3)s1. The van der Waals surface area contributed by atoms with Crippen molar-refractivity contribution in [2.45, 2.75) is 36.4 Å². The first kappa shape index (κ1) is 16.8. The fourth-order valence-electron chi connectivity index (χ4n) is 1.99. The van der Waals surface area contributed by atoms with Crippen molar-refractivity contribution in [3.8, 4) is 11.5 Å². The number of thioether (sulfide) groups is 1. The topological polar surface area (TPSA) is 85.4 Å². The lowest BCUT2D eigenvalue weighted by molar-refractivity contribution is -0.115. The fraction of sp³-hybridized carbons (Fsp3) is 0.400. The first-order chi connectivity index (χ1) is 11.5. The number of nitrogens with zero attached hydrogens (tertiary/aromatic N) is 2. The first-order valence-electron chi connectivity index (χ1n) is 7.48. The van der Waals surface area contributed by atoms with Crippen molar-refractivity contribution in [2.24, 2.45) is 0 Å². The third-order valence-corrected chi connectivity index (χ3v) is 5.14. The highest BCUT2D eigenvalue weighted by Gasteiger charge is 2.19. The number of fused-ring (bicyclic) bond motifs is 1. The predicted molar refractivity (Wildman–Crippen MR) is 95.2 cm³/mol. The van der Waals surface area contributed by atoms with Crippen LogP contribution in [0.2, 0.25) is 0 Å². The molecule has 9 heteroatoms. The molecule has 1 aromatic heterocycles. The summed E-state index contributed by atoms with van der Waals surface area (Å²) < 4.78 is 11.3. The minimum absolute atomic E-state index is 0.104. The molecule has 2 aromatic rings. The predicted octanol–water partition coefficient (Wildman–Crippen LogP) is 3.21. The van der Waals surface area contributed by atoms with Crippen LogP contribution in [0.4, 0.5) is 10.8 Å². The molecular formula is C15H18N4O3S2. The Bertz CT molecular complexity index is 735. The number of anilines is 2. The van der Waals surface area contributed by atoms with Gasteiger partial charge in [-0.15, -0.1) is 10.2 Å². The van der Waals surface area contributed by atoms with E-state index in [4.69, 9.17) is 9.47 Å². The van der Waals surface area contributed by atoms with Crippen molar-refractivity contribution in [1.29, 1.82) is 0 Å². The Morgan fingerprint density at radius 1 is 1.25 bits per heavy atom. The van der Waals surface area contributed by atoms with Crippen LogP contribution in [0.3, 0.4) is 0 Å². The Kier molecular flexibility index (Phi) is 5.10. The van der Waals surface area contributed by atoms with Gasteiger partial charge < -0.3 is 20.1 Å². The summed E-state index contributed by atoms with van der Waals surface area (Å²) in [4.78, 5) is 12.3. The highest BCUT2D eigenvalue weighted by Crippen LogP contribution is 2.35. The molecule has 7 nitrogen and oxygen atoms in total. The number of hydrogen-bond acceptors (Lipinski definition) is 8. The molecule has 0 saturated heterocycles. The minimum atomic E-state index is -0.296. The molecule has 1 atom stereocenters. The van der Waals surface area contributed by atoms with Crippen molar-refractivity contribution >= 4 is 39.8 Å². The standard InChI is InChI=1S/C15H18N4O3S2/c1-8(2)16-14-18-19-15(24-14)23-9(3)13(20)17-10-4-5-11-12(6-10)22-7-21-11/h4-6,8-9H,7H2,1-3H3,(H,16,18)(H,17,20)/t9-/m1/s1. The van der Waals surface area contributed by atoms with E-state index >= 15 is 0 Å². The molecule has 0 unspecified atom stereocenters. The van der Waals surface area contributed by atoms with Gasteiger partial charge in [-0.3, -0.25) is 4.79 Å². The number of benzene rings is 1. The van der Waals surface area contributed by atoms with Gasteiger partial charge in [0.05, 0.1) is 5.25 Å². The van der Waals surface area contributed by atoms with Crippen LogP contribution in [-0.2, 0) is 4.79 Å². The van der Waals surface area contributed by atoms with Crippen LogP contribution in [-0.4, -0.2) is 34.2 Å². The number of hydrogen-bond donors (Lipinski definition) is 2. The molecule has 1 aliphatic rings. The smallest absolute Gasteiger partial charge is 0.237 e. The third-order valence-electron chi connectivity index (χ3n) is 3.11. The van der Waals surface area contributed by atoms with E-state index in [9.17, 15) is 4.79 Å². The second-order valence-electron chi connectivity index (χ2n) is 5.49. The highest BCUT2D eigenvalue weighted by atomic mass is 32.2. The minimum Gasteiger partial charge on any atom is -0.454 e. The average molecular weight is 366 g/mol. The molecular weight excluding hydrogens is 348 g/mol. The van der Waals surface area contributed by atoms with Gasteiger partial charge in [0.2, 0.25) is 17.8 Å². The number of aromatic nitrogens is 2. The number of ether oxygens (including phenoxy) is 2. The Balaban J connectivity index is 1.57. The molecule has 1 aliphatic heterocycles. The van der Waals surface area contributed by atoms with Crippen LogP contribution in [0.25, 0.3) is 0 Å². The molecule has 3 rings (SSSR count). The first-order valence-corrected chi connectivity index (χ1v) is 9.18. The second kappa shape index (κ2) is 7.27. The lowest BCUT2D eigenvalue weighted by Crippen LogP contribution is -2.22. The van der Waals surface area contributed by atoms with Gasteiger partial charge in [0.15, 0.2) is 15.8 Å². The van der Waals surface area contributed by atoms with Crippen molar-refractivity contribution in [2.75, 3.05) is 17.4 Å². The van der Waals surface area contributed by atoms with E-state index in [1.165, 1.54) is 23.1 Å². The van der Waals surface area contributed by atoms with Crippen molar-refractivity contribution < 1.29 is 14.3 Å². The fourth-order valence-corrected chi connectivity index (χ4v) is 4.03. The monoisotopic (exact) mass is 366 g/mol. The van der Waals surface area contributed by atoms with Gasteiger partial charge in [-0.2, -0.15) is 0 Å². The van der Waals surface area contributed by atoms with Crippen molar-refractivity contribution in [3.63, 3.8) is 0 Å². The Hall–Kier alpha value is -2.00. The summed E-state index contributed by atoms with van der Waals surface area (Å²) in [5.41, 5.74) is 0.677. The Morgan fingerprint density at radius 3 is 2.83 bits per heavy atom. The summed E-state index contributed by atoms with van der Waals surface area (Å²) in [6.45, 7) is 6.12. The van der Waals surface area contributed by atoms with Crippen LogP contribution < -0.4 is 20.1 Å². The summed E-state index contributed by atoms with van der Waals surface area (Å²) >= 11 is 2.82. The van der Waals surface area contributed by atoms with Gasteiger partial charge in [-0.25, -0.2) is 0 Å². The zero-order chi connectivity index (χ0) is 17.1. The summed E-state index contributed by atoms with van der Waals surface area (Å²) in [7, 11) is 0. The molecule has 2 heterocycles. The molecule has 1 aromatic carbocycles. The molecule has 1 amide bonds. The van der Waals surface area contributed by atoms with Gasteiger partial charge in [0.1, 0.15) is 0 Å². The molecule has 0 spiro atoms. The number of carbonyl (C=O) groups excluding carboxylic acids is 1. The Labute approximate surface area is 148 Å². The summed E-state index contributed by atoms with van der Waals surface area (Å²) in [5.74, 6) is 1.23. The van der Waals surface area contributed by atoms with E-state index in [-0.39, 0.29) is 18.0 Å². The van der Waals surface area contributed by atoms with E-state index in [1.54, 1.807) is 18.2 Å². The van der Waals surface area contributed by atoms with Gasteiger partial charge >= 0.3 is 0 Å². The average Bonchev–Trinajstić information content (AvgIpc) is 3.15. The lowest BCUT2D eigenvalue weighted by atomic mass is 10.2. The number of nitrogens with one attached hydrogen (secondary N) is 2. The van der Waals surface area contributed by atoms with Crippen LogP contribution in [0.15, 0.2) is 22.5 Å². The molecule has 0 aliphatic carbocycles. The summed E-state index contributed by atoms with van der Waals surface area (Å²) in [5, 5.41) is 14.7. The molecule has 24 heavy (non-hydrogen) atoms. The van der Waals surface area contributed by atoms with E-state index in [1.807, 2.05) is 20.8 Å². The summed E-state index contributed by atoms with van der Waals surface area (Å²) in [6.07, 6.45) is 0. The molecule has 2 N–H and O–H groups in total. The molecule has 0 radical (unpaired) electrons. The lowest BCUT2D eigenvalue weighted by Gasteiger charge is -2.10. The van der Waals surface area contributed by atoms with Gasteiger partial charge in [0.25, 0.3) is 0 Å². The van der Waals surface area contributed by atoms with E-state index in [2.05, 4.69) is 20.8 Å². The zero-order valence-electron chi connectivity index (χ0n) is 13.5. The van der Waals surface area contributed by atoms with Crippen LogP contribution >= 0.6 is 23.1 Å². The molecule has 0 bridgehead atoms. The molecule has 0 saturated carbocycles. The molecule has 128 valence electrons. The van der Waals surface area contributed by atoms with E-state index in [0.717, 1.165) is 9.47 Å². The van der Waals surface area contributed by atoms with Crippen LogP contribution in [0.1, 0.15) is 20.8 Å². The number of amides is 1. The Morgan fingerprint density at radius 2 is 2.04 bits per heavy atom. The largest absolute Gasteiger partial charge is 0.454 e. The van der Waals surface area contributed by atoms with Crippen LogP contribution in [0.5, 0.6) is 11.5 Å². The van der Waals surface area contributed by atoms with Crippen molar-refractivity contribution in [3.05, 3.63) is 18.2 Å². The third kappa shape index (κ3) is 4.09.